The minimum atomic E-state index is -4.62. The fourth-order valence-corrected chi connectivity index (χ4v) is 2.48. The maximum absolute atomic E-state index is 12.7. The molecule has 20 heavy (non-hydrogen) atoms. The lowest BCUT2D eigenvalue weighted by molar-refractivity contribution is -0.146. The number of rotatable bonds is 4. The van der Waals surface area contributed by atoms with Crippen molar-refractivity contribution < 1.29 is 17.4 Å². The molecule has 0 spiro atoms. The molecule has 6 nitrogen and oxygen atoms in total. The molecule has 2 aromatic heterocycles. The van der Waals surface area contributed by atoms with E-state index in [4.69, 9.17) is 0 Å². The summed E-state index contributed by atoms with van der Waals surface area (Å²) in [6.45, 7) is 1.77. The second-order valence-electron chi connectivity index (χ2n) is 4.30. The van der Waals surface area contributed by atoms with Gasteiger partial charge in [0.2, 0.25) is 0 Å². The van der Waals surface area contributed by atoms with E-state index in [1.807, 2.05) is 0 Å². The molecule has 2 atom stereocenters. The van der Waals surface area contributed by atoms with Gasteiger partial charge >= 0.3 is 6.18 Å². The summed E-state index contributed by atoms with van der Waals surface area (Å²) in [7, 11) is -1.01. The number of fused-ring (bicyclic) bond motifs is 1. The van der Waals surface area contributed by atoms with Crippen molar-refractivity contribution in [3.63, 3.8) is 0 Å². The molecule has 2 aromatic rings. The maximum atomic E-state index is 12.7. The molecule has 2 unspecified atom stereocenters. The number of nitrogens with one attached hydrogen (secondary N) is 1. The lowest BCUT2D eigenvalue weighted by Gasteiger charge is -2.13. The van der Waals surface area contributed by atoms with Gasteiger partial charge in [0.05, 0.1) is 0 Å². The molecule has 0 saturated heterocycles. The van der Waals surface area contributed by atoms with Gasteiger partial charge in [-0.2, -0.15) is 17.7 Å². The Balaban J connectivity index is 2.30. The van der Waals surface area contributed by atoms with Crippen molar-refractivity contribution in [3.05, 3.63) is 18.0 Å². The van der Waals surface area contributed by atoms with Crippen LogP contribution >= 0.6 is 0 Å². The molecular weight excluding hydrogens is 295 g/mol. The summed E-state index contributed by atoms with van der Waals surface area (Å²) in [6.07, 6.45) is -3.07. The Morgan fingerprint density at radius 2 is 2.10 bits per heavy atom. The summed E-state index contributed by atoms with van der Waals surface area (Å²) in [5, 5.41) is 13.2. The van der Waals surface area contributed by atoms with E-state index in [0.29, 0.717) is 10.3 Å². The van der Waals surface area contributed by atoms with E-state index >= 15 is 0 Å². The quantitative estimate of drug-likeness (QED) is 0.922. The minimum Gasteiger partial charge on any atom is -0.365 e. The zero-order valence-corrected chi connectivity index (χ0v) is 11.5. The first-order chi connectivity index (χ1) is 9.27. The van der Waals surface area contributed by atoms with Gasteiger partial charge in [-0.1, -0.05) is 0 Å². The Bertz CT molecular complexity index is 641. The fraction of sp³-hybridized carbons (Fsp3) is 0.500. The molecule has 0 fully saturated rings. The van der Waals surface area contributed by atoms with Gasteiger partial charge in [0.15, 0.2) is 5.65 Å². The van der Waals surface area contributed by atoms with Crippen LogP contribution in [0.3, 0.4) is 0 Å². The summed E-state index contributed by atoms with van der Waals surface area (Å²) >= 11 is 0. The minimum absolute atomic E-state index is 0.00889. The predicted octanol–water partition coefficient (Wildman–Crippen LogP) is 1.32. The molecule has 2 heterocycles. The fourth-order valence-electron chi connectivity index (χ4n) is 1.69. The highest BCUT2D eigenvalue weighted by Gasteiger charge is 2.37. The number of hydrogen-bond acceptors (Lipinski definition) is 5. The van der Waals surface area contributed by atoms with Crippen molar-refractivity contribution in [3.8, 4) is 0 Å². The maximum Gasteiger partial charge on any atom is 0.453 e. The van der Waals surface area contributed by atoms with E-state index in [9.17, 15) is 17.4 Å². The van der Waals surface area contributed by atoms with Crippen LogP contribution in [-0.4, -0.2) is 42.1 Å². The number of nitrogens with zero attached hydrogens (tertiary/aromatic N) is 4. The Morgan fingerprint density at radius 1 is 1.40 bits per heavy atom. The van der Waals surface area contributed by atoms with Gasteiger partial charge in [-0.3, -0.25) is 4.21 Å². The zero-order chi connectivity index (χ0) is 14.9. The third-order valence-corrected chi connectivity index (χ3v) is 3.36. The number of halogens is 3. The molecule has 10 heteroatoms. The molecule has 0 aromatic carbocycles. The van der Waals surface area contributed by atoms with Crippen LogP contribution in [0, 0.1) is 0 Å². The third kappa shape index (κ3) is 3.24. The zero-order valence-electron chi connectivity index (χ0n) is 10.7. The van der Waals surface area contributed by atoms with Gasteiger partial charge in [-0.15, -0.1) is 15.3 Å². The van der Waals surface area contributed by atoms with Crippen LogP contribution < -0.4 is 5.32 Å². The van der Waals surface area contributed by atoms with Gasteiger partial charge in [-0.05, 0) is 19.1 Å². The Labute approximate surface area is 114 Å². The number of aromatic nitrogens is 4. The van der Waals surface area contributed by atoms with Crippen molar-refractivity contribution >= 4 is 22.3 Å². The molecule has 0 saturated carbocycles. The predicted molar refractivity (Wildman–Crippen MR) is 67.8 cm³/mol. The van der Waals surface area contributed by atoms with Crippen molar-refractivity contribution in [1.29, 1.82) is 0 Å². The average molecular weight is 307 g/mol. The first-order valence-electron chi connectivity index (χ1n) is 5.63. The summed E-state index contributed by atoms with van der Waals surface area (Å²) in [5.41, 5.74) is 0.00889. The van der Waals surface area contributed by atoms with Gasteiger partial charge in [0.1, 0.15) is 5.82 Å². The van der Waals surface area contributed by atoms with E-state index in [1.165, 1.54) is 12.1 Å². The number of hydrogen-bond donors (Lipinski definition) is 1. The molecule has 0 radical (unpaired) electrons. The SMILES string of the molecule is CC(CS(C)=O)Nc1ccc2nnc(C(F)(F)F)n2n1. The molecule has 0 aliphatic carbocycles. The molecule has 2 rings (SSSR count). The smallest absolute Gasteiger partial charge is 0.365 e. The monoisotopic (exact) mass is 307 g/mol. The van der Waals surface area contributed by atoms with E-state index in [-0.39, 0.29) is 17.5 Å². The third-order valence-electron chi connectivity index (χ3n) is 2.40. The van der Waals surface area contributed by atoms with Gasteiger partial charge in [0, 0.05) is 28.9 Å². The van der Waals surface area contributed by atoms with Crippen LogP contribution in [0.1, 0.15) is 12.7 Å². The largest absolute Gasteiger partial charge is 0.453 e. The van der Waals surface area contributed by atoms with Crippen LogP contribution in [0.5, 0.6) is 0 Å². The average Bonchev–Trinajstić information content (AvgIpc) is 2.69. The first kappa shape index (κ1) is 14.7. The number of alkyl halides is 3. The van der Waals surface area contributed by atoms with Crippen molar-refractivity contribution in [2.75, 3.05) is 17.3 Å². The van der Waals surface area contributed by atoms with Crippen LogP contribution in [0.4, 0.5) is 19.0 Å². The van der Waals surface area contributed by atoms with Crippen molar-refractivity contribution in [2.24, 2.45) is 0 Å². The normalized spacial score (nSPS) is 15.2. The first-order valence-corrected chi connectivity index (χ1v) is 7.36. The summed E-state index contributed by atoms with van der Waals surface area (Å²) in [4.78, 5) is 0. The standard InChI is InChI=1S/C10H12F3N5OS/c1-6(5-20(2)19)14-7-3-4-8-15-16-9(10(11,12)13)18(8)17-7/h3-4,6H,5H2,1-2H3,(H,14,17). The van der Waals surface area contributed by atoms with Crippen LogP contribution in [0.25, 0.3) is 5.65 Å². The molecule has 0 aliphatic rings. The van der Waals surface area contributed by atoms with Crippen LogP contribution in [0.15, 0.2) is 12.1 Å². The molecular formula is C10H12F3N5OS. The van der Waals surface area contributed by atoms with E-state index < -0.39 is 22.8 Å². The van der Waals surface area contributed by atoms with Crippen LogP contribution in [-0.2, 0) is 17.0 Å². The molecule has 110 valence electrons. The Kier molecular flexibility index (Phi) is 3.93. The summed E-state index contributed by atoms with van der Waals surface area (Å²) < 4.78 is 49.8. The van der Waals surface area contributed by atoms with Crippen molar-refractivity contribution in [2.45, 2.75) is 19.1 Å². The summed E-state index contributed by atoms with van der Waals surface area (Å²) in [5.74, 6) is -0.572. The lowest BCUT2D eigenvalue weighted by atomic mass is 10.4. The van der Waals surface area contributed by atoms with Gasteiger partial charge in [0.25, 0.3) is 5.82 Å². The van der Waals surface area contributed by atoms with E-state index in [0.717, 1.165) is 0 Å². The highest BCUT2D eigenvalue weighted by molar-refractivity contribution is 7.84. The molecule has 0 amide bonds. The molecule has 0 bridgehead atoms. The van der Waals surface area contributed by atoms with Crippen molar-refractivity contribution in [1.82, 2.24) is 19.8 Å². The highest BCUT2D eigenvalue weighted by Crippen LogP contribution is 2.27. The molecule has 1 N–H and O–H groups in total. The second-order valence-corrected chi connectivity index (χ2v) is 5.77. The lowest BCUT2D eigenvalue weighted by Crippen LogP contribution is -2.23. The second kappa shape index (κ2) is 5.35. The Morgan fingerprint density at radius 3 is 2.70 bits per heavy atom. The molecule has 0 aliphatic heterocycles. The van der Waals surface area contributed by atoms with Gasteiger partial charge < -0.3 is 5.32 Å². The summed E-state index contributed by atoms with van der Waals surface area (Å²) in [6, 6.07) is 2.70. The highest BCUT2D eigenvalue weighted by atomic mass is 32.2. The Hall–Kier alpha value is -1.71. The van der Waals surface area contributed by atoms with E-state index in [1.54, 1.807) is 13.2 Å². The van der Waals surface area contributed by atoms with Crippen LogP contribution in [0.2, 0.25) is 0 Å². The number of anilines is 1. The van der Waals surface area contributed by atoms with E-state index in [2.05, 4.69) is 20.6 Å². The topological polar surface area (TPSA) is 72.2 Å². The van der Waals surface area contributed by atoms with Gasteiger partial charge in [-0.25, -0.2) is 0 Å².